The average Bonchev–Trinajstić information content (AvgIpc) is 2.00. The molecule has 0 bridgehead atoms. The monoisotopic (exact) mass is 185 g/mol. The van der Waals surface area contributed by atoms with Gasteiger partial charge in [0.25, 0.3) is 5.56 Å². The topological polar surface area (TPSA) is 47.8 Å². The van der Waals surface area contributed by atoms with Crippen LogP contribution in [0.15, 0.2) is 9.95 Å². The minimum absolute atomic E-state index is 0.102. The van der Waals surface area contributed by atoms with Crippen LogP contribution in [0, 0.1) is 0 Å². The van der Waals surface area contributed by atoms with Gasteiger partial charge >= 0.3 is 0 Å². The van der Waals surface area contributed by atoms with Crippen LogP contribution in [0.3, 0.4) is 0 Å². The van der Waals surface area contributed by atoms with Crippen molar-refractivity contribution in [2.24, 2.45) is 7.05 Å². The molecular formula is C7H11N3OS. The lowest BCUT2D eigenvalue weighted by molar-refractivity contribution is 0.616. The molecule has 0 fully saturated rings. The van der Waals surface area contributed by atoms with E-state index in [4.69, 9.17) is 0 Å². The quantitative estimate of drug-likeness (QED) is 0.651. The molecule has 1 aromatic heterocycles. The Bertz CT molecular complexity index is 345. The summed E-state index contributed by atoms with van der Waals surface area (Å²) in [5, 5.41) is 7.85. The first-order chi connectivity index (χ1) is 5.54. The molecule has 0 unspecified atom stereocenters. The number of rotatable bonds is 1. The fraction of sp³-hybridized carbons (Fsp3) is 0.571. The molecule has 5 heteroatoms. The van der Waals surface area contributed by atoms with E-state index >= 15 is 0 Å². The van der Waals surface area contributed by atoms with Gasteiger partial charge in [0.2, 0.25) is 0 Å². The lowest BCUT2D eigenvalue weighted by atomic mass is 10.1. The molecule has 12 heavy (non-hydrogen) atoms. The van der Waals surface area contributed by atoms with Crippen molar-refractivity contribution in [3.05, 3.63) is 16.0 Å². The largest absolute Gasteiger partial charge is 0.288 e. The summed E-state index contributed by atoms with van der Waals surface area (Å²) in [7, 11) is 1.63. The molecule has 0 spiro atoms. The van der Waals surface area contributed by atoms with Gasteiger partial charge in [0.15, 0.2) is 5.16 Å². The second-order valence-corrected chi connectivity index (χ2v) is 3.30. The highest BCUT2D eigenvalue weighted by atomic mass is 32.1. The highest BCUT2D eigenvalue weighted by molar-refractivity contribution is 7.80. The summed E-state index contributed by atoms with van der Waals surface area (Å²) in [6.07, 6.45) is 0. The molecule has 0 N–H and O–H groups in total. The Balaban J connectivity index is 3.37. The van der Waals surface area contributed by atoms with Crippen LogP contribution in [0.1, 0.15) is 25.5 Å². The van der Waals surface area contributed by atoms with Crippen LogP contribution in [0.4, 0.5) is 0 Å². The molecular weight excluding hydrogens is 174 g/mol. The van der Waals surface area contributed by atoms with Gasteiger partial charge in [-0.1, -0.05) is 13.8 Å². The molecule has 4 nitrogen and oxygen atoms in total. The van der Waals surface area contributed by atoms with Crippen molar-refractivity contribution in [2.45, 2.75) is 24.9 Å². The molecule has 0 aliphatic rings. The molecule has 1 aromatic rings. The van der Waals surface area contributed by atoms with Crippen LogP contribution in [0.25, 0.3) is 0 Å². The van der Waals surface area contributed by atoms with E-state index in [9.17, 15) is 4.79 Å². The van der Waals surface area contributed by atoms with Crippen molar-refractivity contribution < 1.29 is 0 Å². The van der Waals surface area contributed by atoms with Gasteiger partial charge in [-0.05, 0) is 0 Å². The highest BCUT2D eigenvalue weighted by Gasteiger charge is 2.09. The number of hydrogen-bond donors (Lipinski definition) is 1. The second-order valence-electron chi connectivity index (χ2n) is 2.90. The summed E-state index contributed by atoms with van der Waals surface area (Å²) in [5.41, 5.74) is 0.361. The fourth-order valence-corrected chi connectivity index (χ4v) is 0.969. The van der Waals surface area contributed by atoms with E-state index in [1.165, 1.54) is 4.57 Å². The van der Waals surface area contributed by atoms with E-state index in [0.29, 0.717) is 10.9 Å². The summed E-state index contributed by atoms with van der Waals surface area (Å²) < 4.78 is 1.38. The maximum atomic E-state index is 11.4. The molecule has 66 valence electrons. The number of hydrogen-bond acceptors (Lipinski definition) is 4. The maximum absolute atomic E-state index is 11.4. The van der Waals surface area contributed by atoms with Gasteiger partial charge in [0.1, 0.15) is 5.69 Å². The van der Waals surface area contributed by atoms with Gasteiger partial charge in [0, 0.05) is 13.0 Å². The van der Waals surface area contributed by atoms with Crippen molar-refractivity contribution in [3.8, 4) is 0 Å². The number of aromatic nitrogens is 3. The number of nitrogens with zero attached hydrogens (tertiary/aromatic N) is 3. The normalized spacial score (nSPS) is 10.8. The van der Waals surface area contributed by atoms with Crippen LogP contribution >= 0.6 is 12.6 Å². The van der Waals surface area contributed by atoms with Crippen LogP contribution < -0.4 is 5.56 Å². The van der Waals surface area contributed by atoms with Gasteiger partial charge in [0.05, 0.1) is 0 Å². The van der Waals surface area contributed by atoms with Crippen molar-refractivity contribution in [1.29, 1.82) is 0 Å². The summed E-state index contributed by atoms with van der Waals surface area (Å²) >= 11 is 3.97. The third-order valence-corrected chi connectivity index (χ3v) is 2.01. The van der Waals surface area contributed by atoms with E-state index in [1.54, 1.807) is 7.05 Å². The lowest BCUT2D eigenvalue weighted by Gasteiger charge is -2.05. The zero-order valence-electron chi connectivity index (χ0n) is 7.27. The molecule has 0 aromatic carbocycles. The second kappa shape index (κ2) is 3.26. The van der Waals surface area contributed by atoms with E-state index < -0.39 is 0 Å². The van der Waals surface area contributed by atoms with Crippen LogP contribution in [0.2, 0.25) is 0 Å². The van der Waals surface area contributed by atoms with Crippen molar-refractivity contribution in [2.75, 3.05) is 0 Å². The Hall–Kier alpha value is -0.840. The molecule has 0 saturated heterocycles. The van der Waals surface area contributed by atoms with Crippen molar-refractivity contribution in [3.63, 3.8) is 0 Å². The maximum Gasteiger partial charge on any atom is 0.276 e. The van der Waals surface area contributed by atoms with E-state index in [2.05, 4.69) is 22.8 Å². The molecule has 1 heterocycles. The molecule has 0 atom stereocenters. The Morgan fingerprint density at radius 3 is 2.50 bits per heavy atom. The number of thiol groups is 1. The Morgan fingerprint density at radius 2 is 2.00 bits per heavy atom. The summed E-state index contributed by atoms with van der Waals surface area (Å²) in [5.74, 6) is 0.102. The summed E-state index contributed by atoms with van der Waals surface area (Å²) in [4.78, 5) is 11.4. The smallest absolute Gasteiger partial charge is 0.276 e. The van der Waals surface area contributed by atoms with Gasteiger partial charge in [-0.25, -0.2) is 0 Å². The predicted molar refractivity (Wildman–Crippen MR) is 48.6 cm³/mol. The molecule has 0 radical (unpaired) electrons. The zero-order chi connectivity index (χ0) is 9.30. The summed E-state index contributed by atoms with van der Waals surface area (Å²) in [6, 6.07) is 0. The Kier molecular flexibility index (Phi) is 2.52. The van der Waals surface area contributed by atoms with Crippen LogP contribution in [-0.4, -0.2) is 14.8 Å². The first-order valence-electron chi connectivity index (χ1n) is 3.66. The third-order valence-electron chi connectivity index (χ3n) is 1.62. The highest BCUT2D eigenvalue weighted by Crippen LogP contribution is 2.05. The molecule has 0 aliphatic heterocycles. The van der Waals surface area contributed by atoms with E-state index in [1.807, 2.05) is 13.8 Å². The Labute approximate surface area is 76.0 Å². The van der Waals surface area contributed by atoms with E-state index in [-0.39, 0.29) is 11.5 Å². The first-order valence-corrected chi connectivity index (χ1v) is 4.11. The molecule has 0 aliphatic carbocycles. The predicted octanol–water partition coefficient (Wildman–Crippen LogP) is 0.587. The molecule has 0 amide bonds. The van der Waals surface area contributed by atoms with Crippen molar-refractivity contribution in [1.82, 2.24) is 14.8 Å². The minimum Gasteiger partial charge on any atom is -0.288 e. The molecule has 0 saturated carbocycles. The van der Waals surface area contributed by atoms with Crippen LogP contribution in [-0.2, 0) is 7.05 Å². The van der Waals surface area contributed by atoms with Crippen molar-refractivity contribution >= 4 is 12.6 Å². The van der Waals surface area contributed by atoms with E-state index in [0.717, 1.165) is 0 Å². The molecule has 1 rings (SSSR count). The van der Waals surface area contributed by atoms with Gasteiger partial charge < -0.3 is 0 Å². The SMILES string of the molecule is CC(C)c1nnc(S)n(C)c1=O. The minimum atomic E-state index is -0.120. The third kappa shape index (κ3) is 1.50. The lowest BCUT2D eigenvalue weighted by Crippen LogP contribution is -2.25. The Morgan fingerprint density at radius 1 is 1.42 bits per heavy atom. The van der Waals surface area contributed by atoms with Crippen LogP contribution in [0.5, 0.6) is 0 Å². The fourth-order valence-electron chi connectivity index (χ4n) is 0.834. The average molecular weight is 185 g/mol. The standard InChI is InChI=1S/C7H11N3OS/c1-4(2)5-6(11)10(3)7(12)9-8-5/h4H,1-3H3,(H,9,12). The zero-order valence-corrected chi connectivity index (χ0v) is 8.17. The van der Waals surface area contributed by atoms with Gasteiger partial charge in [-0.3, -0.25) is 9.36 Å². The van der Waals surface area contributed by atoms with Gasteiger partial charge in [-0.15, -0.1) is 22.8 Å². The first kappa shape index (κ1) is 9.25. The van der Waals surface area contributed by atoms with Gasteiger partial charge in [-0.2, -0.15) is 0 Å². The summed E-state index contributed by atoms with van der Waals surface area (Å²) in [6.45, 7) is 3.81.